The summed E-state index contributed by atoms with van der Waals surface area (Å²) in [5, 5.41) is 86.6. The highest BCUT2D eigenvalue weighted by atomic mass is 16.7. The normalized spacial score (nSPS) is 50.5. The molecular formula is C12H26O13. The Morgan fingerprint density at radius 3 is 1.44 bits per heavy atom. The number of hydrogen-bond acceptors (Lipinski definition) is 11. The van der Waals surface area contributed by atoms with Crippen LogP contribution in [0.25, 0.3) is 0 Å². The summed E-state index contributed by atoms with van der Waals surface area (Å²) in [6.45, 7) is -0.704. The number of ether oxygens (including phenoxy) is 2. The minimum Gasteiger partial charge on any atom is -0.412 e. The molecule has 1 saturated heterocycles. The van der Waals surface area contributed by atoms with Gasteiger partial charge >= 0.3 is 0 Å². The van der Waals surface area contributed by atoms with E-state index in [-0.39, 0.29) is 11.0 Å². The predicted octanol–water partition coefficient (Wildman–Crippen LogP) is -7.66. The van der Waals surface area contributed by atoms with Gasteiger partial charge < -0.3 is 66.4 Å². The fourth-order valence-corrected chi connectivity index (χ4v) is 2.69. The van der Waals surface area contributed by atoms with Gasteiger partial charge in [-0.1, -0.05) is 0 Å². The summed E-state index contributed by atoms with van der Waals surface area (Å²) in [5.74, 6) is 0. The van der Waals surface area contributed by atoms with Gasteiger partial charge in [-0.05, 0) is 0 Å². The van der Waals surface area contributed by atoms with Crippen LogP contribution in [0.2, 0.25) is 0 Å². The van der Waals surface area contributed by atoms with Gasteiger partial charge in [0, 0.05) is 0 Å². The van der Waals surface area contributed by atoms with Gasteiger partial charge in [-0.3, -0.25) is 0 Å². The van der Waals surface area contributed by atoms with Gasteiger partial charge in [-0.25, -0.2) is 0 Å². The molecule has 1 aliphatic carbocycles. The summed E-state index contributed by atoms with van der Waals surface area (Å²) in [4.78, 5) is 0. The molecule has 2 unspecified atom stereocenters. The Hall–Kier alpha value is -0.520. The summed E-state index contributed by atoms with van der Waals surface area (Å²) in [6, 6.07) is 0. The van der Waals surface area contributed by atoms with Gasteiger partial charge in [-0.2, -0.15) is 0 Å². The first-order chi connectivity index (χ1) is 10.7. The van der Waals surface area contributed by atoms with Crippen LogP contribution in [-0.2, 0) is 9.47 Å². The number of aliphatic hydroxyl groups is 9. The quantitative estimate of drug-likeness (QED) is 0.222. The second kappa shape index (κ2) is 9.43. The lowest BCUT2D eigenvalue weighted by Crippen LogP contribution is -2.67. The van der Waals surface area contributed by atoms with Crippen LogP contribution in [0.5, 0.6) is 0 Å². The molecule has 2 fully saturated rings. The molecule has 0 bridgehead atoms. The second-order valence-electron chi connectivity index (χ2n) is 5.75. The first-order valence-corrected chi connectivity index (χ1v) is 7.07. The van der Waals surface area contributed by atoms with Crippen molar-refractivity contribution in [2.45, 2.75) is 67.3 Å². The van der Waals surface area contributed by atoms with Gasteiger partial charge in [-0.15, -0.1) is 0 Å². The third-order valence-electron chi connectivity index (χ3n) is 4.21. The minimum atomic E-state index is -1.83. The number of rotatable bonds is 3. The van der Waals surface area contributed by atoms with E-state index in [0.29, 0.717) is 0 Å². The highest BCUT2D eigenvalue weighted by Gasteiger charge is 2.52. The van der Waals surface area contributed by atoms with Crippen molar-refractivity contribution in [2.24, 2.45) is 0 Å². The molecule has 13 heteroatoms. The molecule has 0 amide bonds. The smallest absolute Gasteiger partial charge is 0.187 e. The largest absolute Gasteiger partial charge is 0.412 e. The molecule has 0 aromatic carbocycles. The summed E-state index contributed by atoms with van der Waals surface area (Å²) < 4.78 is 10.2. The van der Waals surface area contributed by atoms with Crippen LogP contribution in [0.1, 0.15) is 0 Å². The van der Waals surface area contributed by atoms with Gasteiger partial charge in [0.1, 0.15) is 61.0 Å². The van der Waals surface area contributed by atoms with Crippen LogP contribution in [0.4, 0.5) is 0 Å². The molecule has 13 nitrogen and oxygen atoms in total. The van der Waals surface area contributed by atoms with Gasteiger partial charge in [0.05, 0.1) is 6.61 Å². The molecule has 1 saturated carbocycles. The first-order valence-electron chi connectivity index (χ1n) is 7.07. The van der Waals surface area contributed by atoms with E-state index in [2.05, 4.69) is 0 Å². The Morgan fingerprint density at radius 2 is 1.00 bits per heavy atom. The maximum atomic E-state index is 9.85. The van der Waals surface area contributed by atoms with Crippen molar-refractivity contribution >= 4 is 0 Å². The SMILES string of the molecule is O.O.OC[C@H]1O[C@H](OC2[C@H](O)[C@H](O)C(O)[C@H](O)[C@H]2O)[C@H](O)[C@@H](O)[C@H]1O. The summed E-state index contributed by atoms with van der Waals surface area (Å²) in [7, 11) is 0. The lowest BCUT2D eigenvalue weighted by atomic mass is 9.84. The van der Waals surface area contributed by atoms with E-state index >= 15 is 0 Å². The zero-order valence-electron chi connectivity index (χ0n) is 12.9. The highest BCUT2D eigenvalue weighted by Crippen LogP contribution is 2.29. The van der Waals surface area contributed by atoms with Crippen molar-refractivity contribution < 1.29 is 66.4 Å². The van der Waals surface area contributed by atoms with Crippen molar-refractivity contribution in [3.8, 4) is 0 Å². The van der Waals surface area contributed by atoms with E-state index in [9.17, 15) is 40.9 Å². The van der Waals surface area contributed by atoms with Crippen LogP contribution in [0.15, 0.2) is 0 Å². The lowest BCUT2D eigenvalue weighted by Gasteiger charge is -2.45. The molecule has 0 aromatic rings. The molecular weight excluding hydrogens is 352 g/mol. The number of hydrogen-bond donors (Lipinski definition) is 9. The molecule has 13 N–H and O–H groups in total. The molecule has 0 radical (unpaired) electrons. The number of aliphatic hydroxyl groups excluding tert-OH is 9. The van der Waals surface area contributed by atoms with Crippen LogP contribution in [0, 0.1) is 0 Å². The average Bonchev–Trinajstić information content (AvgIpc) is 2.54. The van der Waals surface area contributed by atoms with Gasteiger partial charge in [0.2, 0.25) is 0 Å². The van der Waals surface area contributed by atoms with E-state index in [1.165, 1.54) is 0 Å². The van der Waals surface area contributed by atoms with Crippen LogP contribution >= 0.6 is 0 Å². The van der Waals surface area contributed by atoms with Crippen molar-refractivity contribution in [1.82, 2.24) is 0 Å². The third-order valence-corrected chi connectivity index (χ3v) is 4.21. The summed E-state index contributed by atoms with van der Waals surface area (Å²) in [5.41, 5.74) is 0. The lowest BCUT2D eigenvalue weighted by molar-refractivity contribution is -0.339. The van der Waals surface area contributed by atoms with E-state index in [1.54, 1.807) is 0 Å². The third kappa shape index (κ3) is 4.42. The Kier molecular flexibility index (Phi) is 9.23. The van der Waals surface area contributed by atoms with Crippen LogP contribution in [0.3, 0.4) is 0 Å². The molecule has 1 aliphatic heterocycles. The average molecular weight is 378 g/mol. The first kappa shape index (κ1) is 24.5. The highest BCUT2D eigenvalue weighted by molar-refractivity contribution is 5.00. The summed E-state index contributed by atoms with van der Waals surface area (Å²) >= 11 is 0. The minimum absolute atomic E-state index is 0. The molecule has 152 valence electrons. The van der Waals surface area contributed by atoms with E-state index < -0.39 is 73.9 Å². The monoisotopic (exact) mass is 378 g/mol. The van der Waals surface area contributed by atoms with Crippen molar-refractivity contribution in [3.63, 3.8) is 0 Å². The van der Waals surface area contributed by atoms with E-state index in [4.69, 9.17) is 14.6 Å². The molecule has 11 atom stereocenters. The maximum Gasteiger partial charge on any atom is 0.187 e. The Labute approximate surface area is 141 Å². The molecule has 0 spiro atoms. The Balaban J connectivity index is 0.00000288. The van der Waals surface area contributed by atoms with E-state index in [1.807, 2.05) is 0 Å². The fraction of sp³-hybridized carbons (Fsp3) is 1.00. The van der Waals surface area contributed by atoms with Crippen LogP contribution < -0.4 is 0 Å². The zero-order valence-corrected chi connectivity index (χ0v) is 12.9. The van der Waals surface area contributed by atoms with Crippen LogP contribution in [-0.4, -0.2) is 131 Å². The predicted molar refractivity (Wildman–Crippen MR) is 75.9 cm³/mol. The fourth-order valence-electron chi connectivity index (χ4n) is 2.69. The van der Waals surface area contributed by atoms with Crippen molar-refractivity contribution in [3.05, 3.63) is 0 Å². The molecule has 25 heavy (non-hydrogen) atoms. The Bertz CT molecular complexity index is 379. The topological polar surface area (TPSA) is 264 Å². The van der Waals surface area contributed by atoms with Crippen molar-refractivity contribution in [2.75, 3.05) is 6.61 Å². The van der Waals surface area contributed by atoms with Gasteiger partial charge in [0.25, 0.3) is 0 Å². The van der Waals surface area contributed by atoms with Gasteiger partial charge in [0.15, 0.2) is 6.29 Å². The second-order valence-corrected chi connectivity index (χ2v) is 5.75. The summed E-state index contributed by atoms with van der Waals surface area (Å²) in [6.07, 6.45) is -18.9. The Morgan fingerprint density at radius 1 is 0.600 bits per heavy atom. The molecule has 0 aromatic heterocycles. The standard InChI is InChI=1S/C12H22O11.2H2O/c13-1-2-3(14)4(15)10(21)12(22-2)23-11-8(19)6(17)5(16)7(18)9(11)20;;/h2-21H,1H2;2*1H2/t2-,3+,4+,5?,6-,7+,8-,9-,10-,11?,12-;;/m1../s1. The van der Waals surface area contributed by atoms with E-state index in [0.717, 1.165) is 0 Å². The van der Waals surface area contributed by atoms with Crippen molar-refractivity contribution in [1.29, 1.82) is 0 Å². The maximum absolute atomic E-state index is 9.85. The molecule has 2 rings (SSSR count). The zero-order chi connectivity index (χ0) is 17.5. The molecule has 2 aliphatic rings. The molecule has 1 heterocycles.